The Balaban J connectivity index is 1.49. The standard InChI is InChI=1S/C20H16N4O3/c25-19(24-21-11-12-5-7-14(8-6-12)20(26)27)18-16-10-9-13-3-1-2-4-15(13)17(16)22-23-18/h1-8,11H,9-10H2,(H,22,23)(H,24,25)(H,26,27)/b21-11-. The Kier molecular flexibility index (Phi) is 4.25. The fourth-order valence-corrected chi connectivity index (χ4v) is 3.18. The summed E-state index contributed by atoms with van der Waals surface area (Å²) in [5.41, 5.74) is 7.77. The highest BCUT2D eigenvalue weighted by molar-refractivity contribution is 5.96. The average Bonchev–Trinajstić information content (AvgIpc) is 3.13. The van der Waals surface area contributed by atoms with E-state index in [1.54, 1.807) is 12.1 Å². The number of carboxylic acid groups (broad SMARTS) is 1. The number of H-pyrrole nitrogens is 1. The molecule has 0 saturated carbocycles. The quantitative estimate of drug-likeness (QED) is 0.491. The Bertz CT molecular complexity index is 1050. The molecule has 1 aliphatic carbocycles. The molecule has 0 saturated heterocycles. The molecule has 0 atom stereocenters. The Hall–Kier alpha value is -3.74. The van der Waals surface area contributed by atoms with Crippen LogP contribution in [0.15, 0.2) is 53.6 Å². The number of aromatic amines is 1. The normalized spacial score (nSPS) is 12.4. The lowest BCUT2D eigenvalue weighted by molar-refractivity contribution is 0.0696. The SMILES string of the molecule is O=C(O)c1ccc(/C=N\NC(=O)c2[nH]nc3c2CCc2ccccc2-3)cc1. The lowest BCUT2D eigenvalue weighted by atomic mass is 9.89. The number of aromatic carboxylic acids is 1. The van der Waals surface area contributed by atoms with E-state index in [9.17, 15) is 9.59 Å². The number of benzene rings is 2. The fraction of sp³-hybridized carbons (Fsp3) is 0.100. The van der Waals surface area contributed by atoms with Gasteiger partial charge in [-0.1, -0.05) is 36.4 Å². The number of aromatic nitrogens is 2. The van der Waals surface area contributed by atoms with E-state index in [1.807, 2.05) is 18.2 Å². The fourth-order valence-electron chi connectivity index (χ4n) is 3.18. The second-order valence-corrected chi connectivity index (χ2v) is 6.21. The maximum Gasteiger partial charge on any atom is 0.335 e. The van der Waals surface area contributed by atoms with Gasteiger partial charge in [0.05, 0.1) is 17.5 Å². The highest BCUT2D eigenvalue weighted by Crippen LogP contribution is 2.33. The molecule has 1 aliphatic rings. The molecule has 4 rings (SSSR count). The van der Waals surface area contributed by atoms with Gasteiger partial charge < -0.3 is 5.11 Å². The Labute approximate surface area is 154 Å². The number of carboxylic acids is 1. The number of amides is 1. The van der Waals surface area contributed by atoms with Crippen molar-refractivity contribution in [2.45, 2.75) is 12.8 Å². The molecule has 0 radical (unpaired) electrons. The third kappa shape index (κ3) is 3.22. The van der Waals surface area contributed by atoms with Crippen molar-refractivity contribution in [2.24, 2.45) is 5.10 Å². The van der Waals surface area contributed by atoms with Gasteiger partial charge in [0.15, 0.2) is 0 Å². The molecule has 0 spiro atoms. The molecular formula is C20H16N4O3. The molecule has 7 heteroatoms. The molecule has 1 aromatic heterocycles. The minimum atomic E-state index is -0.989. The molecule has 7 nitrogen and oxygen atoms in total. The van der Waals surface area contributed by atoms with Crippen LogP contribution in [0.25, 0.3) is 11.3 Å². The van der Waals surface area contributed by atoms with Crippen LogP contribution in [-0.2, 0) is 12.8 Å². The summed E-state index contributed by atoms with van der Waals surface area (Å²) in [6, 6.07) is 14.2. The smallest absolute Gasteiger partial charge is 0.335 e. The van der Waals surface area contributed by atoms with Crippen molar-refractivity contribution in [3.63, 3.8) is 0 Å². The van der Waals surface area contributed by atoms with E-state index in [0.29, 0.717) is 11.3 Å². The van der Waals surface area contributed by atoms with Gasteiger partial charge in [-0.05, 0) is 36.1 Å². The molecule has 0 unspecified atom stereocenters. The number of carbonyl (C=O) groups is 2. The number of nitrogens with one attached hydrogen (secondary N) is 2. The Morgan fingerprint density at radius 1 is 1.11 bits per heavy atom. The van der Waals surface area contributed by atoms with Gasteiger partial charge in [-0.15, -0.1) is 0 Å². The van der Waals surface area contributed by atoms with E-state index in [2.05, 4.69) is 26.8 Å². The van der Waals surface area contributed by atoms with Gasteiger partial charge in [0.1, 0.15) is 5.69 Å². The number of fused-ring (bicyclic) bond motifs is 3. The maximum absolute atomic E-state index is 12.4. The van der Waals surface area contributed by atoms with Crippen molar-refractivity contribution in [1.29, 1.82) is 0 Å². The van der Waals surface area contributed by atoms with Crippen LogP contribution >= 0.6 is 0 Å². The molecule has 0 bridgehead atoms. The first-order valence-electron chi connectivity index (χ1n) is 8.46. The van der Waals surface area contributed by atoms with E-state index in [1.165, 1.54) is 23.9 Å². The van der Waals surface area contributed by atoms with Gasteiger partial charge in [0.2, 0.25) is 0 Å². The van der Waals surface area contributed by atoms with E-state index in [0.717, 1.165) is 29.7 Å². The summed E-state index contributed by atoms with van der Waals surface area (Å²) in [7, 11) is 0. The Morgan fingerprint density at radius 2 is 1.89 bits per heavy atom. The van der Waals surface area contributed by atoms with E-state index in [4.69, 9.17) is 5.11 Å². The lowest BCUT2D eigenvalue weighted by Gasteiger charge is -2.15. The zero-order valence-corrected chi connectivity index (χ0v) is 14.3. The first kappa shape index (κ1) is 16.7. The zero-order valence-electron chi connectivity index (χ0n) is 14.3. The van der Waals surface area contributed by atoms with Crippen LogP contribution in [0.5, 0.6) is 0 Å². The highest BCUT2D eigenvalue weighted by atomic mass is 16.4. The van der Waals surface area contributed by atoms with E-state index < -0.39 is 5.97 Å². The summed E-state index contributed by atoms with van der Waals surface area (Å²) in [6.07, 6.45) is 3.07. The molecule has 0 aliphatic heterocycles. The summed E-state index contributed by atoms with van der Waals surface area (Å²) in [5, 5.41) is 20.0. The second kappa shape index (κ2) is 6.87. The molecule has 1 amide bonds. The predicted molar refractivity (Wildman–Crippen MR) is 99.9 cm³/mol. The molecule has 1 heterocycles. The van der Waals surface area contributed by atoms with Crippen LogP contribution in [0.2, 0.25) is 0 Å². The molecular weight excluding hydrogens is 344 g/mol. The molecule has 27 heavy (non-hydrogen) atoms. The van der Waals surface area contributed by atoms with Gasteiger partial charge >= 0.3 is 5.97 Å². The summed E-state index contributed by atoms with van der Waals surface area (Å²) in [5.74, 6) is -1.35. The van der Waals surface area contributed by atoms with Crippen molar-refractivity contribution in [3.05, 3.63) is 76.5 Å². The first-order valence-corrected chi connectivity index (χ1v) is 8.46. The van der Waals surface area contributed by atoms with Crippen molar-refractivity contribution in [1.82, 2.24) is 15.6 Å². The monoisotopic (exact) mass is 360 g/mol. The summed E-state index contributed by atoms with van der Waals surface area (Å²) in [6.45, 7) is 0. The van der Waals surface area contributed by atoms with Crippen LogP contribution in [0, 0.1) is 0 Å². The lowest BCUT2D eigenvalue weighted by Crippen LogP contribution is -2.20. The maximum atomic E-state index is 12.4. The predicted octanol–water partition coefficient (Wildman–Crippen LogP) is 2.64. The van der Waals surface area contributed by atoms with Gasteiger partial charge in [-0.3, -0.25) is 9.89 Å². The van der Waals surface area contributed by atoms with Crippen LogP contribution < -0.4 is 5.43 Å². The van der Waals surface area contributed by atoms with Gasteiger partial charge in [0, 0.05) is 11.1 Å². The summed E-state index contributed by atoms with van der Waals surface area (Å²) in [4.78, 5) is 23.3. The number of rotatable bonds is 4. The van der Waals surface area contributed by atoms with Crippen molar-refractivity contribution in [3.8, 4) is 11.3 Å². The minimum absolute atomic E-state index is 0.195. The molecule has 2 aromatic carbocycles. The topological polar surface area (TPSA) is 107 Å². The highest BCUT2D eigenvalue weighted by Gasteiger charge is 2.24. The van der Waals surface area contributed by atoms with E-state index >= 15 is 0 Å². The zero-order chi connectivity index (χ0) is 18.8. The average molecular weight is 360 g/mol. The van der Waals surface area contributed by atoms with Crippen LogP contribution in [0.3, 0.4) is 0 Å². The number of carbonyl (C=O) groups excluding carboxylic acids is 1. The number of nitrogens with zero attached hydrogens (tertiary/aromatic N) is 2. The third-order valence-corrected chi connectivity index (χ3v) is 4.55. The minimum Gasteiger partial charge on any atom is -0.478 e. The number of hydrazone groups is 1. The summed E-state index contributed by atoms with van der Waals surface area (Å²) < 4.78 is 0. The Morgan fingerprint density at radius 3 is 2.67 bits per heavy atom. The van der Waals surface area contributed by atoms with E-state index in [-0.39, 0.29) is 11.5 Å². The van der Waals surface area contributed by atoms with Crippen molar-refractivity contribution in [2.75, 3.05) is 0 Å². The van der Waals surface area contributed by atoms with Gasteiger partial charge in [0.25, 0.3) is 5.91 Å². The van der Waals surface area contributed by atoms with Gasteiger partial charge in [-0.25, -0.2) is 10.2 Å². The number of hydrogen-bond acceptors (Lipinski definition) is 4. The summed E-state index contributed by atoms with van der Waals surface area (Å²) >= 11 is 0. The molecule has 134 valence electrons. The third-order valence-electron chi connectivity index (χ3n) is 4.55. The number of hydrogen-bond donors (Lipinski definition) is 3. The number of aryl methyl sites for hydroxylation is 1. The van der Waals surface area contributed by atoms with Crippen molar-refractivity contribution < 1.29 is 14.7 Å². The van der Waals surface area contributed by atoms with Crippen molar-refractivity contribution >= 4 is 18.1 Å². The molecule has 0 fully saturated rings. The second-order valence-electron chi connectivity index (χ2n) is 6.21. The van der Waals surface area contributed by atoms with Crippen LogP contribution in [0.4, 0.5) is 0 Å². The first-order chi connectivity index (χ1) is 13.1. The molecule has 3 aromatic rings. The van der Waals surface area contributed by atoms with Gasteiger partial charge in [-0.2, -0.15) is 10.2 Å². The largest absolute Gasteiger partial charge is 0.478 e. The van der Waals surface area contributed by atoms with Crippen LogP contribution in [-0.4, -0.2) is 33.4 Å². The van der Waals surface area contributed by atoms with Crippen LogP contribution in [0.1, 0.15) is 37.5 Å². The molecule has 3 N–H and O–H groups in total.